The number of nitriles is 1. The Morgan fingerprint density at radius 3 is 1.83 bits per heavy atom. The quantitative estimate of drug-likeness (QED) is 0.161. The van der Waals surface area contributed by atoms with Gasteiger partial charge >= 0.3 is 0 Å². The molecule has 0 saturated carbocycles. The normalized spacial score (nSPS) is 11.4. The Kier molecular flexibility index (Phi) is 8.58. The predicted molar refractivity (Wildman–Crippen MR) is 249 cm³/mol. The molecule has 0 saturated heterocycles. The monoisotopic (exact) mass is 787 g/mol. The highest BCUT2D eigenvalue weighted by atomic mass is 32.1. The summed E-state index contributed by atoms with van der Waals surface area (Å²) in [5.41, 5.74) is 13.2. The standard InChI is InChI=1S/C55H34FN3S/c56-42-26-31-49-48-12-1-3-15-51(48)59(52(49)34-42)46-11-6-9-41(33-46)38-22-27-43(28-23-38)58(45-10-5-8-40(32-45)37-20-18-36(35-57)19-21-37)44-29-24-39(25-30-44)47-14-7-17-54-55(47)50-13-2-4-16-53(50)60-54/h1-34H. The van der Waals surface area contributed by atoms with Crippen LogP contribution in [0.4, 0.5) is 21.5 Å². The van der Waals surface area contributed by atoms with Gasteiger partial charge in [0.1, 0.15) is 5.82 Å². The minimum Gasteiger partial charge on any atom is -0.310 e. The first kappa shape index (κ1) is 35.4. The van der Waals surface area contributed by atoms with Crippen molar-refractivity contribution < 1.29 is 4.39 Å². The van der Waals surface area contributed by atoms with Crippen LogP contribution in [0, 0.1) is 17.1 Å². The van der Waals surface area contributed by atoms with E-state index >= 15 is 0 Å². The Hall–Kier alpha value is -7.78. The molecule has 0 bridgehead atoms. The number of anilines is 3. The van der Waals surface area contributed by atoms with E-state index in [0.29, 0.717) is 5.56 Å². The van der Waals surface area contributed by atoms with Crippen molar-refractivity contribution >= 4 is 70.4 Å². The van der Waals surface area contributed by atoms with E-state index < -0.39 is 0 Å². The maximum absolute atomic E-state index is 14.7. The summed E-state index contributed by atoms with van der Waals surface area (Å²) in [5.74, 6) is -0.256. The number of thiophene rings is 1. The van der Waals surface area contributed by atoms with Crippen molar-refractivity contribution in [2.24, 2.45) is 0 Å². The topological polar surface area (TPSA) is 32.0 Å². The van der Waals surface area contributed by atoms with Gasteiger partial charge in [0.05, 0.1) is 22.7 Å². The third-order valence-electron chi connectivity index (χ3n) is 11.5. The Morgan fingerprint density at radius 1 is 0.450 bits per heavy atom. The van der Waals surface area contributed by atoms with Crippen molar-refractivity contribution in [1.82, 2.24) is 4.57 Å². The Labute approximate surface area is 350 Å². The van der Waals surface area contributed by atoms with E-state index in [1.54, 1.807) is 6.07 Å². The molecule has 0 fully saturated rings. The van der Waals surface area contributed by atoms with E-state index in [4.69, 9.17) is 0 Å². The summed E-state index contributed by atoms with van der Waals surface area (Å²) in [4.78, 5) is 2.30. The second-order valence-corrected chi connectivity index (χ2v) is 16.1. The van der Waals surface area contributed by atoms with Crippen LogP contribution in [0.1, 0.15) is 5.56 Å². The Bertz CT molecular complexity index is 3450. The number of benzene rings is 9. The van der Waals surface area contributed by atoms with Gasteiger partial charge in [-0.2, -0.15) is 5.26 Å². The van der Waals surface area contributed by atoms with Crippen molar-refractivity contribution in [1.29, 1.82) is 5.26 Å². The van der Waals surface area contributed by atoms with Gasteiger partial charge in [0.15, 0.2) is 0 Å². The molecule has 5 heteroatoms. The highest BCUT2D eigenvalue weighted by molar-refractivity contribution is 7.25. The third kappa shape index (κ3) is 6.10. The van der Waals surface area contributed by atoms with Gasteiger partial charge in [-0.3, -0.25) is 0 Å². The molecule has 0 radical (unpaired) electrons. The molecule has 11 rings (SSSR count). The number of hydrogen-bond donors (Lipinski definition) is 0. The Balaban J connectivity index is 0.996. The van der Waals surface area contributed by atoms with Gasteiger partial charge in [-0.25, -0.2) is 4.39 Å². The smallest absolute Gasteiger partial charge is 0.125 e. The lowest BCUT2D eigenvalue weighted by Gasteiger charge is -2.26. The average molecular weight is 788 g/mol. The number of halogens is 1. The average Bonchev–Trinajstić information content (AvgIpc) is 3.85. The molecule has 0 aliphatic heterocycles. The zero-order valence-corrected chi connectivity index (χ0v) is 33.1. The predicted octanol–water partition coefficient (Wildman–Crippen LogP) is 15.6. The minimum absolute atomic E-state index is 0.256. The molecule has 11 aromatic rings. The summed E-state index contributed by atoms with van der Waals surface area (Å²) < 4.78 is 19.4. The van der Waals surface area contributed by atoms with Gasteiger partial charge in [-0.05, 0) is 130 Å². The fourth-order valence-electron chi connectivity index (χ4n) is 8.66. The first-order valence-corrected chi connectivity index (χ1v) is 20.7. The molecule has 0 aliphatic carbocycles. The van der Waals surface area contributed by atoms with Crippen LogP contribution in [-0.2, 0) is 0 Å². The summed E-state index contributed by atoms with van der Waals surface area (Å²) >= 11 is 1.84. The van der Waals surface area contributed by atoms with Gasteiger partial charge in [-0.1, -0.05) is 109 Å². The van der Waals surface area contributed by atoms with Crippen LogP contribution in [0.25, 0.3) is 81.0 Å². The molecule has 2 aromatic heterocycles. The summed E-state index contributed by atoms with van der Waals surface area (Å²) in [5, 5.41) is 14.1. The molecule has 60 heavy (non-hydrogen) atoms. The molecule has 0 atom stereocenters. The lowest BCUT2D eigenvalue weighted by Crippen LogP contribution is -2.10. The van der Waals surface area contributed by atoms with Crippen LogP contribution in [0.15, 0.2) is 206 Å². The summed E-state index contributed by atoms with van der Waals surface area (Å²) in [6.45, 7) is 0. The molecule has 2 heterocycles. The van der Waals surface area contributed by atoms with Crippen molar-refractivity contribution in [2.45, 2.75) is 0 Å². The molecule has 3 nitrogen and oxygen atoms in total. The van der Waals surface area contributed by atoms with Crippen LogP contribution < -0.4 is 4.90 Å². The highest BCUT2D eigenvalue weighted by Gasteiger charge is 2.17. The fourth-order valence-corrected chi connectivity index (χ4v) is 9.80. The van der Waals surface area contributed by atoms with Gasteiger partial charge in [0.2, 0.25) is 0 Å². The van der Waals surface area contributed by atoms with Crippen LogP contribution >= 0.6 is 11.3 Å². The van der Waals surface area contributed by atoms with Crippen LogP contribution in [0.3, 0.4) is 0 Å². The van der Waals surface area contributed by atoms with E-state index in [1.807, 2.05) is 53.8 Å². The van der Waals surface area contributed by atoms with Crippen molar-refractivity contribution in [2.75, 3.05) is 4.90 Å². The minimum atomic E-state index is -0.256. The summed E-state index contributed by atoms with van der Waals surface area (Å²) in [6.07, 6.45) is 0. The number of para-hydroxylation sites is 1. The van der Waals surface area contributed by atoms with Crippen molar-refractivity contribution in [3.05, 3.63) is 218 Å². The van der Waals surface area contributed by atoms with Gasteiger partial charge in [0, 0.05) is 53.7 Å². The lowest BCUT2D eigenvalue weighted by molar-refractivity contribution is 0.629. The maximum atomic E-state index is 14.7. The van der Waals surface area contributed by atoms with Crippen molar-refractivity contribution in [3.63, 3.8) is 0 Å². The maximum Gasteiger partial charge on any atom is 0.125 e. The highest BCUT2D eigenvalue weighted by Crippen LogP contribution is 2.42. The molecule has 0 unspecified atom stereocenters. The second-order valence-electron chi connectivity index (χ2n) is 15.0. The molecule has 0 amide bonds. The number of hydrogen-bond acceptors (Lipinski definition) is 3. The Morgan fingerprint density at radius 2 is 1.07 bits per heavy atom. The van der Waals surface area contributed by atoms with Gasteiger partial charge in [0.25, 0.3) is 0 Å². The number of aromatic nitrogens is 1. The summed E-state index contributed by atoms with van der Waals surface area (Å²) in [6, 6.07) is 73.1. The van der Waals surface area contributed by atoms with E-state index in [1.165, 1.54) is 37.4 Å². The first-order valence-electron chi connectivity index (χ1n) is 19.9. The lowest BCUT2D eigenvalue weighted by atomic mass is 9.99. The van der Waals surface area contributed by atoms with Gasteiger partial charge < -0.3 is 9.47 Å². The van der Waals surface area contributed by atoms with E-state index in [2.05, 4.69) is 167 Å². The zero-order chi connectivity index (χ0) is 40.2. The van der Waals surface area contributed by atoms with E-state index in [-0.39, 0.29) is 5.82 Å². The molecular formula is C55H34FN3S. The van der Waals surface area contributed by atoms with Gasteiger partial charge in [-0.15, -0.1) is 11.3 Å². The largest absolute Gasteiger partial charge is 0.310 e. The molecule has 0 aliphatic rings. The molecular weight excluding hydrogens is 754 g/mol. The summed E-state index contributed by atoms with van der Waals surface area (Å²) in [7, 11) is 0. The zero-order valence-electron chi connectivity index (χ0n) is 32.3. The van der Waals surface area contributed by atoms with E-state index in [9.17, 15) is 9.65 Å². The van der Waals surface area contributed by atoms with Crippen LogP contribution in [-0.4, -0.2) is 4.57 Å². The second kappa shape index (κ2) is 14.6. The van der Waals surface area contributed by atoms with E-state index in [0.717, 1.165) is 66.8 Å². The first-order chi connectivity index (χ1) is 29.6. The molecule has 282 valence electrons. The molecule has 0 N–H and O–H groups in total. The number of nitrogens with zero attached hydrogens (tertiary/aromatic N) is 3. The van der Waals surface area contributed by atoms with Crippen LogP contribution in [0.5, 0.6) is 0 Å². The number of fused-ring (bicyclic) bond motifs is 6. The third-order valence-corrected chi connectivity index (χ3v) is 12.6. The number of rotatable bonds is 7. The molecule has 0 spiro atoms. The SMILES string of the molecule is N#Cc1ccc(-c2cccc(N(c3ccc(-c4cccc(-n5c6ccccc6c6ccc(F)cc65)c4)cc3)c3ccc(-c4cccc5sc6ccccc6c45)cc3)c2)cc1. The molecule has 9 aromatic carbocycles. The van der Waals surface area contributed by atoms with Crippen LogP contribution in [0.2, 0.25) is 0 Å². The van der Waals surface area contributed by atoms with Crippen molar-refractivity contribution in [3.8, 4) is 45.1 Å². The fraction of sp³-hybridized carbons (Fsp3) is 0.